The van der Waals surface area contributed by atoms with Gasteiger partial charge < -0.3 is 25.0 Å². The van der Waals surface area contributed by atoms with E-state index < -0.39 is 74.1 Å². The molecule has 3 fully saturated rings. The van der Waals surface area contributed by atoms with Gasteiger partial charge in [-0.15, -0.1) is 6.58 Å². The molecule has 13 nitrogen and oxygen atoms in total. The third-order valence-electron chi connectivity index (χ3n) is 9.42. The molecule has 2 bridgehead atoms. The standard InChI is InChI=1S/C33H47N5O8S/c1-5-22-19-33(22,30(41)37-47(43,44)24-14-15-24)36-27(39)25-18-23-20-38(25)29(40)26(32(2,3)4)35-31(42)45-17-10-8-6-7-9-12-21-13-11-16-34-28(21)46-23/h5,11,13,16,22-26H,1,6-10,12,14-15,17-20H2,2-4H3,(H,35,42)(H,36,39)(H,37,41)/t22-,23+,25-,26+,33+/m0/s1. The average molecular weight is 674 g/mol. The normalized spacial score (nSPS) is 29.1. The quantitative estimate of drug-likeness (QED) is 0.384. The first-order valence-electron chi connectivity index (χ1n) is 16.6. The van der Waals surface area contributed by atoms with Gasteiger partial charge in [0.2, 0.25) is 27.7 Å². The van der Waals surface area contributed by atoms with E-state index in [1.165, 1.54) is 11.0 Å². The summed E-state index contributed by atoms with van der Waals surface area (Å²) in [4.78, 5) is 60.4. The van der Waals surface area contributed by atoms with Crippen LogP contribution in [0.2, 0.25) is 0 Å². The van der Waals surface area contributed by atoms with E-state index >= 15 is 0 Å². The Morgan fingerprint density at radius 3 is 2.55 bits per heavy atom. The van der Waals surface area contributed by atoms with Crippen molar-refractivity contribution in [3.8, 4) is 5.88 Å². The van der Waals surface area contributed by atoms with E-state index in [0.717, 1.165) is 37.7 Å². The van der Waals surface area contributed by atoms with Crippen LogP contribution in [0.15, 0.2) is 31.0 Å². The van der Waals surface area contributed by atoms with E-state index in [2.05, 4.69) is 26.9 Å². The van der Waals surface area contributed by atoms with Crippen molar-refractivity contribution in [2.75, 3.05) is 13.2 Å². The van der Waals surface area contributed by atoms with Gasteiger partial charge in [0.05, 0.1) is 18.4 Å². The zero-order valence-electron chi connectivity index (χ0n) is 27.5. The molecule has 5 rings (SSSR count). The largest absolute Gasteiger partial charge is 0.472 e. The Hall–Kier alpha value is -3.68. The van der Waals surface area contributed by atoms with E-state index in [1.807, 2.05) is 12.1 Å². The number of amides is 4. The second-order valence-electron chi connectivity index (χ2n) is 14.2. The van der Waals surface area contributed by atoms with Gasteiger partial charge in [-0.05, 0) is 50.0 Å². The number of aromatic nitrogens is 1. The molecular weight excluding hydrogens is 626 g/mol. The molecule has 0 radical (unpaired) electrons. The van der Waals surface area contributed by atoms with Crippen molar-refractivity contribution in [3.63, 3.8) is 0 Å². The van der Waals surface area contributed by atoms with E-state index in [1.54, 1.807) is 27.0 Å². The SMILES string of the molecule is C=C[C@H]1C[C@]1(NC(=O)[C@@H]1C[C@@H]2CN1C(=O)[C@H](C(C)(C)C)NC(=O)OCCCCCCCc1cccnc1O2)C(=O)NS(=O)(=O)C1CC1. The van der Waals surface area contributed by atoms with Gasteiger partial charge in [-0.25, -0.2) is 18.2 Å². The predicted molar refractivity (Wildman–Crippen MR) is 173 cm³/mol. The first-order valence-corrected chi connectivity index (χ1v) is 18.1. The number of ether oxygens (including phenoxy) is 2. The topological polar surface area (TPSA) is 173 Å². The fourth-order valence-corrected chi connectivity index (χ4v) is 7.72. The number of hydrogen-bond acceptors (Lipinski definition) is 9. The number of nitrogens with zero attached hydrogens (tertiary/aromatic N) is 2. The Labute approximate surface area is 276 Å². The van der Waals surface area contributed by atoms with Gasteiger partial charge in [0.15, 0.2) is 0 Å². The number of cyclic esters (lactones) is 1. The molecule has 2 aliphatic carbocycles. The zero-order valence-corrected chi connectivity index (χ0v) is 28.3. The van der Waals surface area contributed by atoms with Crippen molar-refractivity contribution < 1.29 is 37.1 Å². The highest BCUT2D eigenvalue weighted by Gasteiger charge is 2.62. The molecule has 1 aromatic heterocycles. The molecule has 0 aromatic carbocycles. The highest BCUT2D eigenvalue weighted by molar-refractivity contribution is 7.91. The molecule has 0 unspecified atom stereocenters. The lowest BCUT2D eigenvalue weighted by Crippen LogP contribution is -2.60. The number of rotatable bonds is 6. The number of aryl methyl sites for hydroxylation is 1. The van der Waals surface area contributed by atoms with Crippen LogP contribution in [0, 0.1) is 11.3 Å². The van der Waals surface area contributed by atoms with Gasteiger partial charge in [-0.1, -0.05) is 52.2 Å². The molecule has 5 atom stereocenters. The van der Waals surface area contributed by atoms with Gasteiger partial charge in [-0.3, -0.25) is 19.1 Å². The zero-order chi connectivity index (χ0) is 34.0. The molecule has 1 saturated heterocycles. The minimum Gasteiger partial charge on any atom is -0.472 e. The summed E-state index contributed by atoms with van der Waals surface area (Å²) in [5.41, 5.74) is -1.34. The summed E-state index contributed by atoms with van der Waals surface area (Å²) in [6, 6.07) is 1.68. The molecule has 258 valence electrons. The minimum absolute atomic E-state index is 0.0242. The third kappa shape index (κ3) is 8.07. The van der Waals surface area contributed by atoms with Crippen molar-refractivity contribution in [2.45, 2.75) is 114 Å². The summed E-state index contributed by atoms with van der Waals surface area (Å²) in [6.07, 6.45) is 8.25. The average Bonchev–Trinajstić information content (AvgIpc) is 3.93. The lowest BCUT2D eigenvalue weighted by atomic mass is 9.85. The Morgan fingerprint density at radius 1 is 1.15 bits per heavy atom. The van der Waals surface area contributed by atoms with Crippen molar-refractivity contribution in [1.29, 1.82) is 0 Å². The second-order valence-corrected chi connectivity index (χ2v) is 16.2. The highest BCUT2D eigenvalue weighted by atomic mass is 32.2. The van der Waals surface area contributed by atoms with E-state index in [4.69, 9.17) is 9.47 Å². The Balaban J connectivity index is 1.43. The van der Waals surface area contributed by atoms with Crippen LogP contribution in [0.5, 0.6) is 5.88 Å². The molecule has 4 aliphatic rings. The van der Waals surface area contributed by atoms with Crippen molar-refractivity contribution in [3.05, 3.63) is 36.5 Å². The maximum Gasteiger partial charge on any atom is 0.407 e. The maximum absolute atomic E-state index is 14.3. The number of fused-ring (bicyclic) bond motifs is 3. The van der Waals surface area contributed by atoms with Gasteiger partial charge in [0, 0.05) is 24.1 Å². The lowest BCUT2D eigenvalue weighted by molar-refractivity contribution is -0.142. The Bertz CT molecular complexity index is 1490. The third-order valence-corrected chi connectivity index (χ3v) is 11.2. The van der Waals surface area contributed by atoms with Gasteiger partial charge in [0.1, 0.15) is 23.7 Å². The molecule has 4 amide bonds. The van der Waals surface area contributed by atoms with Crippen molar-refractivity contribution in [1.82, 2.24) is 25.2 Å². The number of pyridine rings is 1. The number of nitrogens with one attached hydrogen (secondary N) is 3. The summed E-state index contributed by atoms with van der Waals surface area (Å²) in [5.74, 6) is -2.00. The van der Waals surface area contributed by atoms with E-state index in [0.29, 0.717) is 25.1 Å². The maximum atomic E-state index is 14.3. The molecule has 2 saturated carbocycles. The first kappa shape index (κ1) is 34.6. The smallest absolute Gasteiger partial charge is 0.407 e. The molecule has 0 spiro atoms. The number of sulfonamides is 1. The van der Waals surface area contributed by atoms with Gasteiger partial charge in [0.25, 0.3) is 5.91 Å². The van der Waals surface area contributed by atoms with Crippen molar-refractivity contribution >= 4 is 33.8 Å². The van der Waals surface area contributed by atoms with Crippen LogP contribution in [0.3, 0.4) is 0 Å². The molecule has 2 aliphatic heterocycles. The summed E-state index contributed by atoms with van der Waals surface area (Å²) < 4.78 is 39.1. The Kier molecular flexibility index (Phi) is 10.2. The summed E-state index contributed by atoms with van der Waals surface area (Å²) >= 11 is 0. The molecule has 3 heterocycles. The fourth-order valence-electron chi connectivity index (χ4n) is 6.36. The van der Waals surface area contributed by atoms with Crippen LogP contribution in [0.25, 0.3) is 0 Å². The number of carbonyl (C=O) groups is 4. The molecule has 47 heavy (non-hydrogen) atoms. The minimum atomic E-state index is -3.87. The van der Waals surface area contributed by atoms with Crippen LogP contribution in [0.1, 0.15) is 84.1 Å². The van der Waals surface area contributed by atoms with Gasteiger partial charge >= 0.3 is 6.09 Å². The molecule has 1 aromatic rings. The highest BCUT2D eigenvalue weighted by Crippen LogP contribution is 2.45. The molecule has 14 heteroatoms. The second kappa shape index (κ2) is 13.8. The number of alkyl carbamates (subject to hydrolysis) is 1. The Morgan fingerprint density at radius 2 is 1.87 bits per heavy atom. The van der Waals surface area contributed by atoms with Crippen LogP contribution < -0.4 is 20.1 Å². The molecule has 3 N–H and O–H groups in total. The van der Waals surface area contributed by atoms with Crippen LogP contribution in [0.4, 0.5) is 4.79 Å². The van der Waals surface area contributed by atoms with Crippen LogP contribution in [-0.4, -0.2) is 84.2 Å². The monoisotopic (exact) mass is 673 g/mol. The van der Waals surface area contributed by atoms with Gasteiger partial charge in [-0.2, -0.15) is 0 Å². The summed E-state index contributed by atoms with van der Waals surface area (Å²) in [7, 11) is -3.87. The van der Waals surface area contributed by atoms with Crippen LogP contribution in [-0.2, 0) is 35.6 Å². The predicted octanol–water partition coefficient (Wildman–Crippen LogP) is 2.75. The number of hydrogen-bond donors (Lipinski definition) is 3. The fraction of sp³-hybridized carbons (Fsp3) is 0.667. The number of carbonyl (C=O) groups excluding carboxylic acids is 4. The first-order chi connectivity index (χ1) is 22.2. The summed E-state index contributed by atoms with van der Waals surface area (Å²) in [5, 5.41) is 4.89. The lowest BCUT2D eigenvalue weighted by Gasteiger charge is -2.35. The molecular formula is C33H47N5O8S. The van der Waals surface area contributed by atoms with E-state index in [-0.39, 0.29) is 26.0 Å². The van der Waals surface area contributed by atoms with Crippen molar-refractivity contribution in [2.24, 2.45) is 11.3 Å². The van der Waals surface area contributed by atoms with E-state index in [9.17, 15) is 27.6 Å². The van der Waals surface area contributed by atoms with Crippen LogP contribution >= 0.6 is 0 Å². The summed E-state index contributed by atoms with van der Waals surface area (Å²) in [6.45, 7) is 9.42.